The Bertz CT molecular complexity index is 600. The van der Waals surface area contributed by atoms with E-state index in [-0.39, 0.29) is 5.41 Å². The summed E-state index contributed by atoms with van der Waals surface area (Å²) >= 11 is -2.55. The van der Waals surface area contributed by atoms with Crippen molar-refractivity contribution in [2.75, 3.05) is 0 Å². The van der Waals surface area contributed by atoms with Crippen LogP contribution in [0.3, 0.4) is 0 Å². The van der Waals surface area contributed by atoms with Gasteiger partial charge in [-0.3, -0.25) is 0 Å². The Labute approximate surface area is 109 Å². The van der Waals surface area contributed by atoms with Gasteiger partial charge in [0.15, 0.2) is 0 Å². The quantitative estimate of drug-likeness (QED) is 0.781. The van der Waals surface area contributed by atoms with Crippen molar-refractivity contribution in [2.24, 2.45) is 0 Å². The molecule has 2 aromatic rings. The van der Waals surface area contributed by atoms with Crippen LogP contribution in [0.4, 0.5) is 0 Å². The molecule has 0 fully saturated rings. The zero-order chi connectivity index (χ0) is 13.3. The molecule has 0 aliphatic heterocycles. The third-order valence-corrected chi connectivity index (χ3v) is 3.11. The second-order valence-electron chi connectivity index (χ2n) is 5.20. The molecule has 0 radical (unpaired) electrons. The van der Waals surface area contributed by atoms with Crippen LogP contribution in [-0.2, 0) is 16.8 Å². The molecule has 2 rings (SSSR count). The van der Waals surface area contributed by atoms with Gasteiger partial charge in [0.1, 0.15) is 17.1 Å². The largest absolute Gasteiger partial charge is 0.740 e. The first-order valence-corrected chi connectivity index (χ1v) is 6.69. The molecule has 0 saturated heterocycles. The zero-order valence-corrected chi connectivity index (χ0v) is 11.4. The normalized spacial score (nSPS) is 13.6. The minimum absolute atomic E-state index is 0.199. The Kier molecular flexibility index (Phi) is 3.41. The standard InChI is InChI=1S/C14H16O3S/c1-14(2,3)13-11-7-5-4-6-10(11)8-9-12(13)17-18(15)16/h4-9H,1-3H3,(H,15,16)/p-1. The summed E-state index contributed by atoms with van der Waals surface area (Å²) in [6.07, 6.45) is 0. The van der Waals surface area contributed by atoms with Crippen LogP contribution < -0.4 is 4.18 Å². The lowest BCUT2D eigenvalue weighted by Crippen LogP contribution is -2.14. The van der Waals surface area contributed by atoms with E-state index in [2.05, 4.69) is 0 Å². The number of rotatable bonds is 2. The molecule has 0 bridgehead atoms. The maximum absolute atomic E-state index is 10.8. The molecular weight excluding hydrogens is 248 g/mol. The number of hydrogen-bond acceptors (Lipinski definition) is 3. The maximum Gasteiger partial charge on any atom is 0.143 e. The molecule has 0 amide bonds. The van der Waals surface area contributed by atoms with Crippen molar-refractivity contribution in [3.8, 4) is 5.75 Å². The van der Waals surface area contributed by atoms with Crippen LogP contribution in [0.1, 0.15) is 26.3 Å². The van der Waals surface area contributed by atoms with Crippen molar-refractivity contribution in [3.05, 3.63) is 42.0 Å². The van der Waals surface area contributed by atoms with E-state index in [1.54, 1.807) is 6.07 Å². The van der Waals surface area contributed by atoms with Gasteiger partial charge in [-0.25, -0.2) is 4.21 Å². The van der Waals surface area contributed by atoms with Crippen LogP contribution in [0, 0.1) is 0 Å². The van der Waals surface area contributed by atoms with Gasteiger partial charge in [-0.15, -0.1) is 0 Å². The minimum atomic E-state index is -2.55. The average molecular weight is 263 g/mol. The smallest absolute Gasteiger partial charge is 0.143 e. The van der Waals surface area contributed by atoms with Crippen LogP contribution in [0.15, 0.2) is 36.4 Å². The van der Waals surface area contributed by atoms with Crippen molar-refractivity contribution < 1.29 is 12.9 Å². The highest BCUT2D eigenvalue weighted by molar-refractivity contribution is 7.74. The molecule has 2 aromatic carbocycles. The zero-order valence-electron chi connectivity index (χ0n) is 10.6. The van der Waals surface area contributed by atoms with Gasteiger partial charge in [-0.2, -0.15) is 0 Å². The summed E-state index contributed by atoms with van der Waals surface area (Å²) in [5.41, 5.74) is 0.708. The van der Waals surface area contributed by atoms with Gasteiger partial charge >= 0.3 is 0 Å². The fourth-order valence-corrected chi connectivity index (χ4v) is 2.45. The van der Waals surface area contributed by atoms with E-state index in [9.17, 15) is 8.76 Å². The predicted octanol–water partition coefficient (Wildman–Crippen LogP) is 3.31. The summed E-state index contributed by atoms with van der Waals surface area (Å²) in [6, 6.07) is 11.5. The molecule has 0 aromatic heterocycles. The predicted molar refractivity (Wildman–Crippen MR) is 72.2 cm³/mol. The minimum Gasteiger partial charge on any atom is -0.740 e. The molecule has 1 atom stereocenters. The van der Waals surface area contributed by atoms with E-state index in [1.165, 1.54) is 0 Å². The van der Waals surface area contributed by atoms with Gasteiger partial charge in [0.25, 0.3) is 0 Å². The molecule has 0 aliphatic carbocycles. The van der Waals surface area contributed by atoms with E-state index in [0.29, 0.717) is 5.75 Å². The first kappa shape index (κ1) is 13.1. The van der Waals surface area contributed by atoms with E-state index in [4.69, 9.17) is 4.18 Å². The molecular formula is C14H15O3S-. The first-order valence-electron chi connectivity index (χ1n) is 5.69. The molecule has 0 saturated carbocycles. The Morgan fingerprint density at radius 3 is 2.39 bits per heavy atom. The SMILES string of the molecule is CC(C)(C)c1c(OS(=O)[O-])ccc2ccccc12. The van der Waals surface area contributed by atoms with Gasteiger partial charge in [0.05, 0.1) is 0 Å². The highest BCUT2D eigenvalue weighted by Crippen LogP contribution is 2.37. The Hall–Kier alpha value is -1.39. The van der Waals surface area contributed by atoms with E-state index >= 15 is 0 Å². The van der Waals surface area contributed by atoms with E-state index in [0.717, 1.165) is 16.3 Å². The molecule has 1 unspecified atom stereocenters. The Morgan fingerprint density at radius 1 is 1.11 bits per heavy atom. The third kappa shape index (κ3) is 2.54. The summed E-state index contributed by atoms with van der Waals surface area (Å²) in [6.45, 7) is 6.11. The molecule has 0 spiro atoms. The van der Waals surface area contributed by atoms with Gasteiger partial charge in [0, 0.05) is 5.56 Å². The fraction of sp³-hybridized carbons (Fsp3) is 0.286. The van der Waals surface area contributed by atoms with Crippen molar-refractivity contribution in [2.45, 2.75) is 26.2 Å². The summed E-state index contributed by atoms with van der Waals surface area (Å²) < 4.78 is 26.4. The molecule has 4 heteroatoms. The van der Waals surface area contributed by atoms with Crippen molar-refractivity contribution in [1.29, 1.82) is 0 Å². The third-order valence-electron chi connectivity index (χ3n) is 2.80. The van der Waals surface area contributed by atoms with Crippen molar-refractivity contribution in [1.82, 2.24) is 0 Å². The van der Waals surface area contributed by atoms with Crippen molar-refractivity contribution >= 4 is 22.1 Å². The first-order chi connectivity index (χ1) is 8.39. The summed E-state index contributed by atoms with van der Waals surface area (Å²) in [5.74, 6) is 0.398. The van der Waals surface area contributed by atoms with Crippen LogP contribution >= 0.6 is 0 Å². The van der Waals surface area contributed by atoms with Crippen molar-refractivity contribution in [3.63, 3.8) is 0 Å². The second kappa shape index (κ2) is 4.71. The number of benzene rings is 2. The average Bonchev–Trinajstić information content (AvgIpc) is 2.26. The van der Waals surface area contributed by atoms with Gasteiger partial charge in [-0.1, -0.05) is 51.1 Å². The van der Waals surface area contributed by atoms with Gasteiger partial charge in [0.2, 0.25) is 0 Å². The van der Waals surface area contributed by atoms with Gasteiger partial charge in [-0.05, 0) is 22.3 Å². The molecule has 96 valence electrons. The van der Waals surface area contributed by atoms with Crippen LogP contribution in [0.2, 0.25) is 0 Å². The summed E-state index contributed by atoms with van der Waals surface area (Å²) in [5, 5.41) is 2.10. The maximum atomic E-state index is 10.8. The Balaban J connectivity index is 2.75. The van der Waals surface area contributed by atoms with Gasteiger partial charge < -0.3 is 8.74 Å². The van der Waals surface area contributed by atoms with E-state index in [1.807, 2.05) is 51.1 Å². The van der Waals surface area contributed by atoms with E-state index < -0.39 is 11.4 Å². The molecule has 0 aliphatic rings. The van der Waals surface area contributed by atoms with Crippen LogP contribution in [0.25, 0.3) is 10.8 Å². The molecule has 18 heavy (non-hydrogen) atoms. The monoisotopic (exact) mass is 263 g/mol. The fourth-order valence-electron chi connectivity index (χ4n) is 2.17. The Morgan fingerprint density at radius 2 is 1.78 bits per heavy atom. The topological polar surface area (TPSA) is 49.4 Å². The highest BCUT2D eigenvalue weighted by atomic mass is 32.2. The molecule has 3 nitrogen and oxygen atoms in total. The van der Waals surface area contributed by atoms with Crippen LogP contribution in [0.5, 0.6) is 5.75 Å². The highest BCUT2D eigenvalue weighted by Gasteiger charge is 2.22. The summed E-state index contributed by atoms with van der Waals surface area (Å²) in [7, 11) is 0. The lowest BCUT2D eigenvalue weighted by Gasteiger charge is -2.25. The summed E-state index contributed by atoms with van der Waals surface area (Å²) in [4.78, 5) is 0. The van der Waals surface area contributed by atoms with Crippen LogP contribution in [-0.4, -0.2) is 8.76 Å². The second-order valence-corrected chi connectivity index (χ2v) is 5.77. The number of hydrogen-bond donors (Lipinski definition) is 0. The molecule has 0 heterocycles. The number of fused-ring (bicyclic) bond motifs is 1. The molecule has 0 N–H and O–H groups in total. The lowest BCUT2D eigenvalue weighted by molar-refractivity contribution is 0.432. The lowest BCUT2D eigenvalue weighted by atomic mass is 9.83.